The fourth-order valence-corrected chi connectivity index (χ4v) is 2.70. The van der Waals surface area contributed by atoms with Crippen molar-refractivity contribution in [2.75, 3.05) is 13.1 Å². The molecule has 0 amide bonds. The van der Waals surface area contributed by atoms with Gasteiger partial charge in [-0.3, -0.25) is 0 Å². The average Bonchev–Trinajstić information content (AvgIpc) is 3.00. The molecule has 1 aliphatic heterocycles. The van der Waals surface area contributed by atoms with Crippen LogP contribution in [0.2, 0.25) is 0 Å². The van der Waals surface area contributed by atoms with Crippen molar-refractivity contribution in [3.05, 3.63) is 47.6 Å². The Balaban J connectivity index is 1.85. The van der Waals surface area contributed by atoms with Crippen LogP contribution < -0.4 is 5.32 Å². The Hall–Kier alpha value is -1.68. The zero-order chi connectivity index (χ0) is 14.0. The molecule has 0 unspecified atom stereocenters. The monoisotopic (exact) mass is 271 g/mol. The number of rotatable bonds is 3. The Bertz CT molecular complexity index is 556. The minimum absolute atomic E-state index is 0.231. The van der Waals surface area contributed by atoms with Gasteiger partial charge < -0.3 is 9.84 Å². The highest BCUT2D eigenvalue weighted by Crippen LogP contribution is 2.31. The molecule has 1 aliphatic rings. The van der Waals surface area contributed by atoms with Crippen LogP contribution >= 0.6 is 0 Å². The normalized spacial score (nSPS) is 20.0. The van der Waals surface area contributed by atoms with E-state index in [1.165, 1.54) is 12.0 Å². The second kappa shape index (κ2) is 5.37. The van der Waals surface area contributed by atoms with E-state index < -0.39 is 0 Å². The van der Waals surface area contributed by atoms with Crippen molar-refractivity contribution < 1.29 is 4.52 Å². The van der Waals surface area contributed by atoms with E-state index in [0.717, 1.165) is 31.2 Å². The van der Waals surface area contributed by atoms with E-state index in [1.54, 1.807) is 0 Å². The Morgan fingerprint density at radius 2 is 2.05 bits per heavy atom. The number of nitrogens with zero attached hydrogens (tertiary/aromatic N) is 2. The molecule has 1 aromatic heterocycles. The lowest BCUT2D eigenvalue weighted by Gasteiger charge is -2.21. The van der Waals surface area contributed by atoms with Crippen molar-refractivity contribution in [3.63, 3.8) is 0 Å². The van der Waals surface area contributed by atoms with E-state index in [1.807, 2.05) is 18.2 Å². The zero-order valence-corrected chi connectivity index (χ0v) is 12.1. The van der Waals surface area contributed by atoms with Crippen LogP contribution in [0.3, 0.4) is 0 Å². The first kappa shape index (κ1) is 13.3. The minimum atomic E-state index is -0.231. The van der Waals surface area contributed by atoms with Crippen LogP contribution in [-0.4, -0.2) is 23.2 Å². The van der Waals surface area contributed by atoms with E-state index in [9.17, 15) is 0 Å². The van der Waals surface area contributed by atoms with Crippen LogP contribution in [0.5, 0.6) is 0 Å². The maximum atomic E-state index is 5.51. The molecule has 20 heavy (non-hydrogen) atoms. The van der Waals surface area contributed by atoms with Crippen molar-refractivity contribution in [2.24, 2.45) is 0 Å². The van der Waals surface area contributed by atoms with E-state index in [0.29, 0.717) is 5.92 Å². The van der Waals surface area contributed by atoms with Gasteiger partial charge in [-0.25, -0.2) is 0 Å². The van der Waals surface area contributed by atoms with Crippen molar-refractivity contribution >= 4 is 0 Å². The standard InChI is InChI=1S/C16H21N3O/c1-16(2,13-8-4-3-5-9-13)15-18-14(20-19-15)12-7-6-10-17-11-12/h3-5,8-9,12,17H,6-7,10-11H2,1-2H3/t12-/m0/s1. The molecule has 0 spiro atoms. The lowest BCUT2D eigenvalue weighted by atomic mass is 9.84. The molecule has 1 atom stereocenters. The van der Waals surface area contributed by atoms with Gasteiger partial charge in [0.25, 0.3) is 0 Å². The van der Waals surface area contributed by atoms with Gasteiger partial charge in [-0.05, 0) is 38.8 Å². The maximum absolute atomic E-state index is 5.51. The summed E-state index contributed by atoms with van der Waals surface area (Å²) in [6.45, 7) is 6.30. The van der Waals surface area contributed by atoms with Crippen LogP contribution in [-0.2, 0) is 5.41 Å². The molecule has 4 nitrogen and oxygen atoms in total. The number of nitrogens with one attached hydrogen (secondary N) is 1. The molecule has 0 bridgehead atoms. The highest BCUT2D eigenvalue weighted by molar-refractivity contribution is 5.30. The molecule has 0 radical (unpaired) electrons. The summed E-state index contributed by atoms with van der Waals surface area (Å²) in [5.41, 5.74) is 0.972. The number of hydrogen-bond donors (Lipinski definition) is 1. The van der Waals surface area contributed by atoms with Crippen LogP contribution in [0.1, 0.15) is 49.9 Å². The Labute approximate surface area is 119 Å². The van der Waals surface area contributed by atoms with Gasteiger partial charge in [0.2, 0.25) is 5.89 Å². The molecule has 1 aromatic carbocycles. The minimum Gasteiger partial charge on any atom is -0.339 e. The van der Waals surface area contributed by atoms with Crippen LogP contribution in [0.15, 0.2) is 34.9 Å². The van der Waals surface area contributed by atoms with E-state index >= 15 is 0 Å². The van der Waals surface area contributed by atoms with Gasteiger partial charge in [0.15, 0.2) is 5.82 Å². The van der Waals surface area contributed by atoms with Crippen LogP contribution in [0.25, 0.3) is 0 Å². The predicted octanol–water partition coefficient (Wildman–Crippen LogP) is 2.86. The van der Waals surface area contributed by atoms with Gasteiger partial charge in [0.05, 0.1) is 11.3 Å². The third-order valence-corrected chi connectivity index (χ3v) is 4.14. The fraction of sp³-hybridized carbons (Fsp3) is 0.500. The molecular weight excluding hydrogens is 250 g/mol. The van der Waals surface area contributed by atoms with Crippen molar-refractivity contribution in [3.8, 4) is 0 Å². The van der Waals surface area contributed by atoms with Crippen LogP contribution in [0.4, 0.5) is 0 Å². The highest BCUT2D eigenvalue weighted by Gasteiger charge is 2.30. The van der Waals surface area contributed by atoms with Crippen molar-refractivity contribution in [2.45, 2.75) is 38.0 Å². The summed E-state index contributed by atoms with van der Waals surface area (Å²) in [7, 11) is 0. The molecule has 1 fully saturated rings. The lowest BCUT2D eigenvalue weighted by molar-refractivity contribution is 0.317. The quantitative estimate of drug-likeness (QED) is 0.932. The maximum Gasteiger partial charge on any atom is 0.231 e. The molecule has 1 N–H and O–H groups in total. The number of piperidine rings is 1. The fourth-order valence-electron chi connectivity index (χ4n) is 2.70. The summed E-state index contributed by atoms with van der Waals surface area (Å²) in [4.78, 5) is 4.66. The molecular formula is C16H21N3O. The third-order valence-electron chi connectivity index (χ3n) is 4.14. The Morgan fingerprint density at radius 3 is 2.75 bits per heavy atom. The molecule has 2 aromatic rings. The summed E-state index contributed by atoms with van der Waals surface area (Å²) in [6.07, 6.45) is 2.30. The first-order valence-corrected chi connectivity index (χ1v) is 7.28. The Kier molecular flexibility index (Phi) is 3.57. The van der Waals surface area contributed by atoms with Gasteiger partial charge in [-0.15, -0.1) is 0 Å². The summed E-state index contributed by atoms with van der Waals surface area (Å²) >= 11 is 0. The first-order chi connectivity index (χ1) is 9.68. The lowest BCUT2D eigenvalue weighted by Crippen LogP contribution is -2.28. The second-order valence-electron chi connectivity index (χ2n) is 5.99. The molecule has 0 saturated carbocycles. The van der Waals surface area contributed by atoms with Crippen molar-refractivity contribution in [1.29, 1.82) is 0 Å². The van der Waals surface area contributed by atoms with E-state index in [4.69, 9.17) is 4.52 Å². The van der Waals surface area contributed by atoms with Gasteiger partial charge in [0, 0.05) is 6.54 Å². The molecule has 106 valence electrons. The first-order valence-electron chi connectivity index (χ1n) is 7.28. The highest BCUT2D eigenvalue weighted by atomic mass is 16.5. The van der Waals surface area contributed by atoms with Gasteiger partial charge in [-0.1, -0.05) is 35.5 Å². The SMILES string of the molecule is CC(C)(c1ccccc1)c1noc([C@H]2CCCNC2)n1. The summed E-state index contributed by atoms with van der Waals surface area (Å²) in [5.74, 6) is 1.90. The van der Waals surface area contributed by atoms with E-state index in [2.05, 4.69) is 41.4 Å². The van der Waals surface area contributed by atoms with Gasteiger partial charge in [0.1, 0.15) is 0 Å². The number of benzene rings is 1. The molecule has 3 rings (SSSR count). The van der Waals surface area contributed by atoms with Crippen molar-refractivity contribution in [1.82, 2.24) is 15.5 Å². The van der Waals surface area contributed by atoms with E-state index in [-0.39, 0.29) is 5.41 Å². The molecule has 0 aliphatic carbocycles. The summed E-state index contributed by atoms with van der Waals surface area (Å²) in [6, 6.07) is 10.3. The number of aromatic nitrogens is 2. The van der Waals surface area contributed by atoms with Gasteiger partial charge >= 0.3 is 0 Å². The average molecular weight is 271 g/mol. The molecule has 2 heterocycles. The second-order valence-corrected chi connectivity index (χ2v) is 5.99. The third kappa shape index (κ3) is 2.48. The summed E-state index contributed by atoms with van der Waals surface area (Å²) < 4.78 is 5.51. The molecule has 1 saturated heterocycles. The number of hydrogen-bond acceptors (Lipinski definition) is 4. The summed E-state index contributed by atoms with van der Waals surface area (Å²) in [5, 5.41) is 7.61. The molecule has 4 heteroatoms. The topological polar surface area (TPSA) is 51.0 Å². The zero-order valence-electron chi connectivity index (χ0n) is 12.1. The van der Waals surface area contributed by atoms with Crippen LogP contribution in [0, 0.1) is 0 Å². The Morgan fingerprint density at radius 1 is 1.25 bits per heavy atom. The predicted molar refractivity (Wildman–Crippen MR) is 77.7 cm³/mol. The smallest absolute Gasteiger partial charge is 0.231 e. The largest absolute Gasteiger partial charge is 0.339 e. The van der Waals surface area contributed by atoms with Gasteiger partial charge in [-0.2, -0.15) is 4.98 Å².